The third kappa shape index (κ3) is 3.91. The highest BCUT2D eigenvalue weighted by Crippen LogP contribution is 2.20. The van der Waals surface area contributed by atoms with Gasteiger partial charge in [0.1, 0.15) is 0 Å². The van der Waals surface area contributed by atoms with Gasteiger partial charge in [-0.3, -0.25) is 14.6 Å². The molecular weight excluding hydrogens is 258 g/mol. The highest BCUT2D eigenvalue weighted by atomic mass is 16.5. The molecule has 2 fully saturated rings. The van der Waals surface area contributed by atoms with Gasteiger partial charge >= 0.3 is 5.97 Å². The summed E-state index contributed by atoms with van der Waals surface area (Å²) in [7, 11) is 2.16. The van der Waals surface area contributed by atoms with Crippen LogP contribution in [0.3, 0.4) is 0 Å². The van der Waals surface area contributed by atoms with Gasteiger partial charge in [-0.25, -0.2) is 0 Å². The molecule has 2 unspecified atom stereocenters. The van der Waals surface area contributed by atoms with Gasteiger partial charge in [0.2, 0.25) is 0 Å². The molecule has 0 spiro atoms. The molecule has 116 valence electrons. The Bertz CT molecular complexity index is 319. The second-order valence-corrected chi connectivity index (χ2v) is 5.82. The average molecular weight is 285 g/mol. The van der Waals surface area contributed by atoms with Crippen molar-refractivity contribution in [2.24, 2.45) is 5.92 Å². The molecule has 0 aliphatic carbocycles. The second kappa shape index (κ2) is 7.36. The van der Waals surface area contributed by atoms with Gasteiger partial charge in [0.15, 0.2) is 0 Å². The molecule has 2 aliphatic rings. The van der Waals surface area contributed by atoms with Crippen molar-refractivity contribution in [2.45, 2.75) is 13.0 Å². The first-order chi connectivity index (χ1) is 9.61. The zero-order valence-corrected chi connectivity index (χ0v) is 12.6. The molecule has 2 aliphatic heterocycles. The fourth-order valence-corrected chi connectivity index (χ4v) is 3.04. The Kier molecular flexibility index (Phi) is 5.77. The summed E-state index contributed by atoms with van der Waals surface area (Å²) in [6, 6.07) is 0.0324. The van der Waals surface area contributed by atoms with Crippen LogP contribution in [0.2, 0.25) is 0 Å². The minimum atomic E-state index is -0.731. The molecule has 2 rings (SSSR count). The summed E-state index contributed by atoms with van der Waals surface area (Å²) in [6.45, 7) is 10.3. The van der Waals surface area contributed by atoms with Crippen LogP contribution in [-0.2, 0) is 9.53 Å². The van der Waals surface area contributed by atoms with Crippen LogP contribution in [0.5, 0.6) is 0 Å². The lowest BCUT2D eigenvalue weighted by Crippen LogP contribution is -2.50. The van der Waals surface area contributed by atoms with Crippen molar-refractivity contribution in [3.05, 3.63) is 0 Å². The summed E-state index contributed by atoms with van der Waals surface area (Å²) in [4.78, 5) is 18.3. The minimum Gasteiger partial charge on any atom is -0.481 e. The van der Waals surface area contributed by atoms with E-state index in [0.717, 1.165) is 45.8 Å². The van der Waals surface area contributed by atoms with E-state index in [-0.39, 0.29) is 12.0 Å². The van der Waals surface area contributed by atoms with E-state index >= 15 is 0 Å². The molecule has 2 heterocycles. The number of hydrogen-bond acceptors (Lipinski definition) is 5. The Labute approximate surface area is 121 Å². The predicted molar refractivity (Wildman–Crippen MR) is 76.9 cm³/mol. The Morgan fingerprint density at radius 2 is 2.00 bits per heavy atom. The number of carbonyl (C=O) groups is 1. The molecule has 20 heavy (non-hydrogen) atoms. The molecule has 0 bridgehead atoms. The Hall–Kier alpha value is -0.690. The summed E-state index contributed by atoms with van der Waals surface area (Å²) in [5.41, 5.74) is 0. The number of carboxylic acids is 1. The Morgan fingerprint density at radius 1 is 1.30 bits per heavy atom. The van der Waals surface area contributed by atoms with E-state index in [9.17, 15) is 9.90 Å². The van der Waals surface area contributed by atoms with Gasteiger partial charge in [0, 0.05) is 45.3 Å². The van der Waals surface area contributed by atoms with Crippen molar-refractivity contribution in [2.75, 3.05) is 66.1 Å². The van der Waals surface area contributed by atoms with E-state index in [2.05, 4.69) is 28.7 Å². The van der Waals surface area contributed by atoms with E-state index < -0.39 is 5.97 Å². The van der Waals surface area contributed by atoms with Gasteiger partial charge in [0.25, 0.3) is 0 Å². The van der Waals surface area contributed by atoms with Gasteiger partial charge in [-0.15, -0.1) is 0 Å². The van der Waals surface area contributed by atoms with Crippen LogP contribution >= 0.6 is 0 Å². The molecule has 6 nitrogen and oxygen atoms in total. The topological polar surface area (TPSA) is 56.2 Å². The van der Waals surface area contributed by atoms with Crippen molar-refractivity contribution in [1.82, 2.24) is 14.7 Å². The first-order valence-electron chi connectivity index (χ1n) is 7.57. The van der Waals surface area contributed by atoms with Crippen molar-refractivity contribution in [1.29, 1.82) is 0 Å². The van der Waals surface area contributed by atoms with Crippen molar-refractivity contribution in [3.63, 3.8) is 0 Å². The largest absolute Gasteiger partial charge is 0.481 e. The van der Waals surface area contributed by atoms with E-state index in [1.54, 1.807) is 0 Å². The third-order valence-corrected chi connectivity index (χ3v) is 4.54. The van der Waals surface area contributed by atoms with E-state index in [0.29, 0.717) is 13.2 Å². The van der Waals surface area contributed by atoms with E-state index in [4.69, 9.17) is 4.74 Å². The molecule has 2 atom stereocenters. The van der Waals surface area contributed by atoms with Crippen LogP contribution in [0.4, 0.5) is 0 Å². The van der Waals surface area contributed by atoms with Crippen molar-refractivity contribution in [3.8, 4) is 0 Å². The van der Waals surface area contributed by atoms with Gasteiger partial charge in [-0.2, -0.15) is 0 Å². The minimum absolute atomic E-state index is 0.0324. The highest BCUT2D eigenvalue weighted by Gasteiger charge is 2.37. The highest BCUT2D eigenvalue weighted by molar-refractivity contribution is 5.71. The normalized spacial score (nSPS) is 29.1. The first-order valence-corrected chi connectivity index (χ1v) is 7.57. The number of aliphatic carboxylic acids is 1. The van der Waals surface area contributed by atoms with E-state index in [1.807, 2.05) is 0 Å². The zero-order valence-electron chi connectivity index (χ0n) is 12.6. The molecular formula is C14H27N3O3. The summed E-state index contributed by atoms with van der Waals surface area (Å²) in [5, 5.41) is 9.25. The van der Waals surface area contributed by atoms with Crippen LogP contribution in [-0.4, -0.2) is 97.9 Å². The van der Waals surface area contributed by atoms with Crippen LogP contribution in [0, 0.1) is 5.92 Å². The van der Waals surface area contributed by atoms with Crippen LogP contribution < -0.4 is 0 Å². The maximum atomic E-state index is 11.3. The molecule has 0 amide bonds. The first kappa shape index (κ1) is 15.7. The maximum absolute atomic E-state index is 11.3. The van der Waals surface area contributed by atoms with Gasteiger partial charge in [-0.1, -0.05) is 6.92 Å². The number of ether oxygens (including phenoxy) is 1. The summed E-state index contributed by atoms with van der Waals surface area (Å²) in [6.07, 6.45) is 0. The van der Waals surface area contributed by atoms with Crippen molar-refractivity contribution < 1.29 is 14.6 Å². The van der Waals surface area contributed by atoms with Gasteiger partial charge in [-0.05, 0) is 13.6 Å². The molecule has 1 N–H and O–H groups in total. The van der Waals surface area contributed by atoms with Crippen LogP contribution in [0.15, 0.2) is 0 Å². The molecule has 6 heteroatoms. The molecule has 2 saturated heterocycles. The monoisotopic (exact) mass is 285 g/mol. The number of hydrogen-bond donors (Lipinski definition) is 1. The number of likely N-dealkylation sites (N-methyl/N-ethyl adjacent to an activating group) is 2. The van der Waals surface area contributed by atoms with Crippen LogP contribution in [0.1, 0.15) is 6.92 Å². The SMILES string of the molecule is CCN(CCN1CCN(C)CC1)C1COCC1C(=O)O. The predicted octanol–water partition coefficient (Wildman–Crippen LogP) is -0.345. The number of rotatable bonds is 6. The number of carboxylic acid groups (broad SMARTS) is 1. The molecule has 0 aromatic heterocycles. The van der Waals surface area contributed by atoms with E-state index in [1.165, 1.54) is 0 Å². The fourth-order valence-electron chi connectivity index (χ4n) is 3.04. The summed E-state index contributed by atoms with van der Waals surface area (Å²) >= 11 is 0. The Balaban J connectivity index is 1.81. The van der Waals surface area contributed by atoms with Crippen molar-refractivity contribution >= 4 is 5.97 Å². The van der Waals surface area contributed by atoms with Crippen LogP contribution in [0.25, 0.3) is 0 Å². The summed E-state index contributed by atoms with van der Waals surface area (Å²) < 4.78 is 5.38. The Morgan fingerprint density at radius 3 is 2.60 bits per heavy atom. The molecule has 0 saturated carbocycles. The van der Waals surface area contributed by atoms with Gasteiger partial charge in [0.05, 0.1) is 19.1 Å². The number of piperazine rings is 1. The average Bonchev–Trinajstić information content (AvgIpc) is 2.91. The molecule has 0 aromatic carbocycles. The van der Waals surface area contributed by atoms with Gasteiger partial charge < -0.3 is 14.7 Å². The smallest absolute Gasteiger partial charge is 0.310 e. The number of nitrogens with zero attached hydrogens (tertiary/aromatic N) is 3. The lowest BCUT2D eigenvalue weighted by Gasteiger charge is -2.35. The lowest BCUT2D eigenvalue weighted by atomic mass is 10.0. The summed E-state index contributed by atoms with van der Waals surface area (Å²) in [5.74, 6) is -1.10. The lowest BCUT2D eigenvalue weighted by molar-refractivity contribution is -0.143. The standard InChI is InChI=1S/C14H27N3O3/c1-3-17(13-11-20-10-12(13)14(18)19)9-8-16-6-4-15(2)5-7-16/h12-13H,3-11H2,1-2H3,(H,18,19). The second-order valence-electron chi connectivity index (χ2n) is 5.82. The zero-order chi connectivity index (χ0) is 14.5. The third-order valence-electron chi connectivity index (χ3n) is 4.54. The maximum Gasteiger partial charge on any atom is 0.310 e. The fraction of sp³-hybridized carbons (Fsp3) is 0.929. The quantitative estimate of drug-likeness (QED) is 0.720. The molecule has 0 radical (unpaired) electrons. The molecule has 0 aromatic rings.